The van der Waals surface area contributed by atoms with E-state index in [1.165, 1.54) is 0 Å². The number of fused-ring (bicyclic) bond motifs is 2. The predicted octanol–water partition coefficient (Wildman–Crippen LogP) is 4.61. The number of hydrogen-bond donors (Lipinski definition) is 3. The van der Waals surface area contributed by atoms with Crippen molar-refractivity contribution in [1.82, 2.24) is 30.5 Å². The number of carbonyl (C=O) groups excluding carboxylic acids is 1. The van der Waals surface area contributed by atoms with Gasteiger partial charge in [0.1, 0.15) is 11.6 Å². The fourth-order valence-corrected chi connectivity index (χ4v) is 3.67. The SMILES string of the molecule is CC(C)(C)NC(=O)COc1cccc(-c2nc(Nc3cnc4[nH]ncc4c3)c3ccccc3n2)c1. The maximum Gasteiger partial charge on any atom is 0.258 e. The van der Waals surface area contributed by atoms with Crippen molar-refractivity contribution >= 4 is 39.3 Å². The van der Waals surface area contributed by atoms with Crippen LogP contribution < -0.4 is 15.4 Å². The van der Waals surface area contributed by atoms with E-state index in [-0.39, 0.29) is 18.1 Å². The largest absolute Gasteiger partial charge is 0.484 e. The lowest BCUT2D eigenvalue weighted by atomic mass is 10.1. The van der Waals surface area contributed by atoms with E-state index in [0.29, 0.717) is 17.4 Å². The maximum atomic E-state index is 12.1. The molecule has 0 aliphatic carbocycles. The molecule has 0 saturated heterocycles. The van der Waals surface area contributed by atoms with Crippen LogP contribution in [0.15, 0.2) is 67.0 Å². The van der Waals surface area contributed by atoms with Crippen LogP contribution in [0.2, 0.25) is 0 Å². The molecule has 35 heavy (non-hydrogen) atoms. The molecule has 0 aliphatic heterocycles. The van der Waals surface area contributed by atoms with E-state index in [9.17, 15) is 4.79 Å². The van der Waals surface area contributed by atoms with Gasteiger partial charge in [0.25, 0.3) is 5.91 Å². The average Bonchev–Trinajstić information content (AvgIpc) is 3.30. The van der Waals surface area contributed by atoms with E-state index < -0.39 is 0 Å². The summed E-state index contributed by atoms with van der Waals surface area (Å²) in [5.41, 5.74) is 2.76. The maximum absolute atomic E-state index is 12.1. The van der Waals surface area contributed by atoms with Gasteiger partial charge >= 0.3 is 0 Å². The molecule has 3 N–H and O–H groups in total. The molecule has 0 unspecified atom stereocenters. The zero-order valence-electron chi connectivity index (χ0n) is 19.7. The third-order valence-corrected chi connectivity index (χ3v) is 5.13. The van der Waals surface area contributed by atoms with E-state index in [1.54, 1.807) is 18.5 Å². The number of anilines is 2. The summed E-state index contributed by atoms with van der Waals surface area (Å²) in [5.74, 6) is 1.58. The van der Waals surface area contributed by atoms with Gasteiger partial charge in [-0.05, 0) is 51.1 Å². The summed E-state index contributed by atoms with van der Waals surface area (Å²) in [5, 5.41) is 14.9. The van der Waals surface area contributed by atoms with Crippen LogP contribution in [0.1, 0.15) is 20.8 Å². The minimum Gasteiger partial charge on any atom is -0.484 e. The first-order valence-corrected chi connectivity index (χ1v) is 11.2. The molecule has 2 aromatic carbocycles. The molecule has 0 bridgehead atoms. The highest BCUT2D eigenvalue weighted by Gasteiger charge is 2.15. The average molecular weight is 468 g/mol. The molecule has 3 heterocycles. The minimum atomic E-state index is -0.317. The zero-order valence-corrected chi connectivity index (χ0v) is 19.7. The number of H-pyrrole nitrogens is 1. The number of ether oxygens (including phenoxy) is 1. The summed E-state index contributed by atoms with van der Waals surface area (Å²) in [6.45, 7) is 5.71. The van der Waals surface area contributed by atoms with E-state index in [0.717, 1.165) is 33.2 Å². The number of nitrogens with zero attached hydrogens (tertiary/aromatic N) is 4. The second-order valence-corrected chi connectivity index (χ2v) is 9.18. The summed E-state index contributed by atoms with van der Waals surface area (Å²) < 4.78 is 5.72. The van der Waals surface area contributed by atoms with Crippen LogP contribution in [0.4, 0.5) is 11.5 Å². The van der Waals surface area contributed by atoms with Crippen molar-refractivity contribution in [1.29, 1.82) is 0 Å². The van der Waals surface area contributed by atoms with E-state index in [2.05, 4.69) is 25.8 Å². The van der Waals surface area contributed by atoms with E-state index >= 15 is 0 Å². The number of para-hydroxylation sites is 1. The standard InChI is InChI=1S/C26H25N7O2/c1-26(2,3)32-22(34)15-35-19-8-6-7-16(12-19)24-30-21-10-5-4-9-20(21)25(31-24)29-18-11-17-13-28-33-23(17)27-14-18/h4-14H,15H2,1-3H3,(H,32,34)(H,27,28,33)(H,29,30,31). The molecule has 0 atom stereocenters. The second-order valence-electron chi connectivity index (χ2n) is 9.18. The number of aromatic amines is 1. The summed E-state index contributed by atoms with van der Waals surface area (Å²) in [7, 11) is 0. The molecule has 0 radical (unpaired) electrons. The first-order chi connectivity index (χ1) is 16.8. The Hall–Kier alpha value is -4.53. The quantitative estimate of drug-likeness (QED) is 0.334. The Kier molecular flexibility index (Phi) is 5.74. The summed E-state index contributed by atoms with van der Waals surface area (Å²) in [6, 6.07) is 17.2. The van der Waals surface area contributed by atoms with Crippen molar-refractivity contribution in [2.45, 2.75) is 26.3 Å². The molecular formula is C26H25N7O2. The number of pyridine rings is 1. The summed E-state index contributed by atoms with van der Waals surface area (Å²) in [6.07, 6.45) is 3.46. The number of rotatable bonds is 6. The first kappa shape index (κ1) is 22.3. The molecule has 9 nitrogen and oxygen atoms in total. The highest BCUT2D eigenvalue weighted by atomic mass is 16.5. The van der Waals surface area contributed by atoms with Gasteiger partial charge in [0, 0.05) is 21.9 Å². The lowest BCUT2D eigenvalue weighted by Crippen LogP contribution is -2.43. The van der Waals surface area contributed by atoms with Crippen molar-refractivity contribution in [3.63, 3.8) is 0 Å². The molecule has 9 heteroatoms. The number of amides is 1. The molecule has 5 rings (SSSR count). The molecule has 1 amide bonds. The molecule has 0 aliphatic rings. The van der Waals surface area contributed by atoms with Gasteiger partial charge in [0.2, 0.25) is 0 Å². The number of nitrogens with one attached hydrogen (secondary N) is 3. The van der Waals surface area contributed by atoms with Crippen molar-refractivity contribution in [2.75, 3.05) is 11.9 Å². The van der Waals surface area contributed by atoms with Crippen molar-refractivity contribution < 1.29 is 9.53 Å². The molecule has 0 fully saturated rings. The smallest absolute Gasteiger partial charge is 0.258 e. The Bertz CT molecular complexity index is 1520. The zero-order chi connectivity index (χ0) is 24.4. The Morgan fingerprint density at radius 2 is 1.89 bits per heavy atom. The highest BCUT2D eigenvalue weighted by Crippen LogP contribution is 2.29. The lowest BCUT2D eigenvalue weighted by molar-refractivity contribution is -0.124. The van der Waals surface area contributed by atoms with Crippen LogP contribution in [0.5, 0.6) is 5.75 Å². The number of carbonyl (C=O) groups is 1. The fraction of sp³-hybridized carbons (Fsp3) is 0.192. The molecule has 0 spiro atoms. The van der Waals surface area contributed by atoms with Gasteiger partial charge in [-0.3, -0.25) is 9.89 Å². The monoisotopic (exact) mass is 467 g/mol. The van der Waals surface area contributed by atoms with Crippen molar-refractivity contribution in [3.8, 4) is 17.1 Å². The van der Waals surface area contributed by atoms with Crippen LogP contribution >= 0.6 is 0 Å². The lowest BCUT2D eigenvalue weighted by Gasteiger charge is -2.20. The number of hydrogen-bond acceptors (Lipinski definition) is 7. The van der Waals surface area contributed by atoms with Gasteiger partial charge in [-0.25, -0.2) is 15.0 Å². The van der Waals surface area contributed by atoms with Crippen LogP contribution in [-0.4, -0.2) is 43.2 Å². The molecule has 176 valence electrons. The Morgan fingerprint density at radius 1 is 1.03 bits per heavy atom. The minimum absolute atomic E-state index is 0.0738. The Balaban J connectivity index is 1.44. The molecule has 0 saturated carbocycles. The molecule has 3 aromatic heterocycles. The third kappa shape index (κ3) is 5.19. The van der Waals surface area contributed by atoms with Crippen LogP contribution in [0.3, 0.4) is 0 Å². The second kappa shape index (κ2) is 9.02. The van der Waals surface area contributed by atoms with E-state index in [1.807, 2.05) is 69.3 Å². The van der Waals surface area contributed by atoms with Crippen LogP contribution in [-0.2, 0) is 4.79 Å². The highest BCUT2D eigenvalue weighted by molar-refractivity contribution is 5.93. The van der Waals surface area contributed by atoms with Gasteiger partial charge in [-0.15, -0.1) is 0 Å². The first-order valence-electron chi connectivity index (χ1n) is 11.2. The van der Waals surface area contributed by atoms with Gasteiger partial charge in [0.05, 0.1) is 23.6 Å². The molecule has 5 aromatic rings. The summed E-state index contributed by atoms with van der Waals surface area (Å²) in [4.78, 5) is 26.1. The van der Waals surface area contributed by atoms with Crippen LogP contribution in [0, 0.1) is 0 Å². The van der Waals surface area contributed by atoms with Gasteiger partial charge in [-0.2, -0.15) is 5.10 Å². The summed E-state index contributed by atoms with van der Waals surface area (Å²) >= 11 is 0. The van der Waals surface area contributed by atoms with Crippen LogP contribution in [0.25, 0.3) is 33.3 Å². The van der Waals surface area contributed by atoms with Gasteiger partial charge in [-0.1, -0.05) is 24.3 Å². The Labute approximate surface area is 202 Å². The topological polar surface area (TPSA) is 118 Å². The third-order valence-electron chi connectivity index (χ3n) is 5.13. The van der Waals surface area contributed by atoms with E-state index in [4.69, 9.17) is 14.7 Å². The fourth-order valence-electron chi connectivity index (χ4n) is 3.67. The van der Waals surface area contributed by atoms with Crippen molar-refractivity contribution in [2.24, 2.45) is 0 Å². The van der Waals surface area contributed by atoms with Gasteiger partial charge < -0.3 is 15.4 Å². The van der Waals surface area contributed by atoms with Crippen molar-refractivity contribution in [3.05, 3.63) is 67.0 Å². The van der Waals surface area contributed by atoms with Gasteiger partial charge in [0.15, 0.2) is 18.1 Å². The molecular weight excluding hydrogens is 442 g/mol. The normalized spacial score (nSPS) is 11.5. The number of aromatic nitrogens is 5. The Morgan fingerprint density at radius 3 is 2.74 bits per heavy atom. The number of benzene rings is 2. The predicted molar refractivity (Wildman–Crippen MR) is 136 cm³/mol.